The summed E-state index contributed by atoms with van der Waals surface area (Å²) in [6, 6.07) is 6.15. The van der Waals surface area contributed by atoms with Crippen molar-refractivity contribution >= 4 is 5.91 Å². The van der Waals surface area contributed by atoms with E-state index in [0.29, 0.717) is 0 Å². The Labute approximate surface area is 74.7 Å². The van der Waals surface area contributed by atoms with E-state index in [1.165, 1.54) is 12.1 Å². The minimum Gasteiger partial charge on any atom is -0.507 e. The van der Waals surface area contributed by atoms with Crippen molar-refractivity contribution in [2.45, 2.75) is 0 Å². The van der Waals surface area contributed by atoms with Gasteiger partial charge in [0.2, 0.25) is 0 Å². The maximum absolute atomic E-state index is 10.5. The molecule has 0 bridgehead atoms. The fourth-order valence-corrected chi connectivity index (χ4v) is 0.682. The molecule has 0 aliphatic rings. The number of para-hydroxylation sites is 1. The number of primary amides is 1. The summed E-state index contributed by atoms with van der Waals surface area (Å²) in [7, 11) is 0. The molecule has 0 atom stereocenters. The Morgan fingerprint density at radius 1 is 1.36 bits per heavy atom. The first-order valence-electron chi connectivity index (χ1n) is 2.79. The van der Waals surface area contributed by atoms with Crippen LogP contribution in [0, 0.1) is 0 Å². The smallest absolute Gasteiger partial charge is 0.507 e. The van der Waals surface area contributed by atoms with E-state index >= 15 is 0 Å². The Balaban J connectivity index is 0.000001000. The number of benzene rings is 1. The van der Waals surface area contributed by atoms with Gasteiger partial charge in [0.15, 0.2) is 0 Å². The van der Waals surface area contributed by atoms with Gasteiger partial charge in [-0.1, -0.05) is 12.1 Å². The van der Waals surface area contributed by atoms with Crippen molar-refractivity contribution in [2.75, 3.05) is 0 Å². The molecule has 0 spiro atoms. The van der Waals surface area contributed by atoms with Gasteiger partial charge in [0.1, 0.15) is 5.75 Å². The number of carbonyl (C=O) groups is 1. The number of amides is 1. The first-order chi connectivity index (χ1) is 4.72. The molecular weight excluding hydrogens is 194 g/mol. The molecule has 0 saturated carbocycles. The molecule has 0 heterocycles. The molecule has 0 aliphatic heterocycles. The normalized spacial score (nSPS) is 8.36. The van der Waals surface area contributed by atoms with Crippen LogP contribution >= 0.6 is 0 Å². The van der Waals surface area contributed by atoms with Crippen LogP contribution in [0.2, 0.25) is 0 Å². The summed E-state index contributed by atoms with van der Waals surface area (Å²) in [5.41, 5.74) is 5.07. The van der Waals surface area contributed by atoms with E-state index in [2.05, 4.69) is 0 Å². The van der Waals surface area contributed by atoms with Gasteiger partial charge < -0.3 is 10.8 Å². The van der Waals surface area contributed by atoms with Crippen molar-refractivity contribution in [3.63, 3.8) is 0 Å². The minimum absolute atomic E-state index is 0. The standard InChI is InChI=1S/C7H7NO2.Cu/c8-7(10)5-3-1-2-4-6(5)9;/h1-4,9H,(H2,8,10);/q;+2. The van der Waals surface area contributed by atoms with E-state index in [0.717, 1.165) is 0 Å². The number of rotatable bonds is 1. The van der Waals surface area contributed by atoms with Crippen molar-refractivity contribution < 1.29 is 27.0 Å². The molecule has 0 fully saturated rings. The molecule has 1 aromatic rings. The summed E-state index contributed by atoms with van der Waals surface area (Å²) in [5, 5.41) is 8.98. The van der Waals surface area contributed by atoms with E-state index in [1.54, 1.807) is 12.1 Å². The third-order valence-electron chi connectivity index (χ3n) is 1.17. The van der Waals surface area contributed by atoms with E-state index < -0.39 is 5.91 Å². The van der Waals surface area contributed by atoms with Crippen LogP contribution in [0.3, 0.4) is 0 Å². The Morgan fingerprint density at radius 2 is 1.91 bits per heavy atom. The molecule has 0 unspecified atom stereocenters. The van der Waals surface area contributed by atoms with Crippen LogP contribution in [0.5, 0.6) is 5.75 Å². The molecule has 4 heteroatoms. The molecule has 0 aromatic heterocycles. The fourth-order valence-electron chi connectivity index (χ4n) is 0.682. The fraction of sp³-hybridized carbons (Fsp3) is 0. The number of carbonyl (C=O) groups excluding carboxylic acids is 1. The predicted octanol–water partition coefficient (Wildman–Crippen LogP) is 0.489. The maximum Gasteiger partial charge on any atom is 2.00 e. The summed E-state index contributed by atoms with van der Waals surface area (Å²) in [5.74, 6) is -0.687. The minimum atomic E-state index is -0.613. The van der Waals surface area contributed by atoms with Crippen LogP contribution in [-0.4, -0.2) is 11.0 Å². The van der Waals surface area contributed by atoms with Gasteiger partial charge in [-0.2, -0.15) is 0 Å². The van der Waals surface area contributed by atoms with Crippen molar-refractivity contribution in [3.05, 3.63) is 29.8 Å². The number of nitrogens with two attached hydrogens (primary N) is 1. The van der Waals surface area contributed by atoms with E-state index in [1.807, 2.05) is 0 Å². The van der Waals surface area contributed by atoms with Gasteiger partial charge in [0.05, 0.1) is 5.56 Å². The second-order valence-electron chi connectivity index (χ2n) is 1.88. The Morgan fingerprint density at radius 3 is 2.27 bits per heavy atom. The second-order valence-corrected chi connectivity index (χ2v) is 1.88. The molecule has 1 radical (unpaired) electrons. The molecule has 0 aliphatic carbocycles. The molecule has 1 aromatic carbocycles. The number of phenols is 1. The summed E-state index contributed by atoms with van der Waals surface area (Å²) in [6.45, 7) is 0. The van der Waals surface area contributed by atoms with Crippen molar-refractivity contribution in [3.8, 4) is 5.75 Å². The van der Waals surface area contributed by atoms with Crippen molar-refractivity contribution in [1.82, 2.24) is 0 Å². The molecule has 1 amide bonds. The Kier molecular flexibility index (Phi) is 3.65. The molecular formula is C7H7CuNO2+2. The molecule has 3 nitrogen and oxygen atoms in total. The summed E-state index contributed by atoms with van der Waals surface area (Å²) in [4.78, 5) is 10.5. The first-order valence-corrected chi connectivity index (χ1v) is 2.79. The van der Waals surface area contributed by atoms with Gasteiger partial charge in [0, 0.05) is 0 Å². The van der Waals surface area contributed by atoms with E-state index in [4.69, 9.17) is 10.8 Å². The summed E-state index contributed by atoms with van der Waals surface area (Å²) < 4.78 is 0. The molecule has 61 valence electrons. The maximum atomic E-state index is 10.5. The monoisotopic (exact) mass is 200 g/mol. The SMILES string of the molecule is NC(=O)c1ccccc1O.[Cu+2]. The van der Waals surface area contributed by atoms with Crippen LogP contribution in [0.1, 0.15) is 10.4 Å². The van der Waals surface area contributed by atoms with Gasteiger partial charge in [-0.15, -0.1) is 0 Å². The van der Waals surface area contributed by atoms with Crippen LogP contribution in [-0.2, 0) is 17.1 Å². The zero-order valence-corrected chi connectivity index (χ0v) is 6.49. The molecule has 0 saturated heterocycles. The average Bonchev–Trinajstić information content (AvgIpc) is 1.88. The average molecular weight is 201 g/mol. The van der Waals surface area contributed by atoms with Gasteiger partial charge in [-0.3, -0.25) is 4.79 Å². The van der Waals surface area contributed by atoms with E-state index in [9.17, 15) is 4.79 Å². The Bertz CT molecular complexity index is 262. The summed E-state index contributed by atoms with van der Waals surface area (Å²) >= 11 is 0. The zero-order valence-electron chi connectivity index (χ0n) is 5.54. The van der Waals surface area contributed by atoms with Gasteiger partial charge in [-0.25, -0.2) is 0 Å². The topological polar surface area (TPSA) is 63.3 Å². The number of hydrogen-bond acceptors (Lipinski definition) is 2. The second kappa shape index (κ2) is 4.01. The van der Waals surface area contributed by atoms with Crippen LogP contribution in [0.4, 0.5) is 0 Å². The zero-order chi connectivity index (χ0) is 7.56. The molecule has 11 heavy (non-hydrogen) atoms. The van der Waals surface area contributed by atoms with Gasteiger partial charge in [0.25, 0.3) is 5.91 Å². The van der Waals surface area contributed by atoms with Gasteiger partial charge >= 0.3 is 17.1 Å². The quantitative estimate of drug-likeness (QED) is 0.649. The first kappa shape index (κ1) is 10.0. The van der Waals surface area contributed by atoms with Crippen LogP contribution in [0.25, 0.3) is 0 Å². The number of hydrogen-bond donors (Lipinski definition) is 2. The Hall–Kier alpha value is -0.991. The summed E-state index contributed by atoms with van der Waals surface area (Å²) in [6.07, 6.45) is 0. The molecule has 1 rings (SSSR count). The van der Waals surface area contributed by atoms with Crippen molar-refractivity contribution in [1.29, 1.82) is 0 Å². The third kappa shape index (κ3) is 2.26. The van der Waals surface area contributed by atoms with Crippen LogP contribution in [0.15, 0.2) is 24.3 Å². The van der Waals surface area contributed by atoms with E-state index in [-0.39, 0.29) is 28.4 Å². The van der Waals surface area contributed by atoms with Crippen molar-refractivity contribution in [2.24, 2.45) is 5.73 Å². The molecule has 3 N–H and O–H groups in total. The predicted molar refractivity (Wildman–Crippen MR) is 36.6 cm³/mol. The largest absolute Gasteiger partial charge is 2.00 e. The van der Waals surface area contributed by atoms with Gasteiger partial charge in [-0.05, 0) is 12.1 Å². The third-order valence-corrected chi connectivity index (χ3v) is 1.17. The van der Waals surface area contributed by atoms with Crippen LogP contribution < -0.4 is 5.73 Å². The number of aromatic hydroxyl groups is 1.